The zero-order valence-electron chi connectivity index (χ0n) is 11.6. The molecule has 0 aliphatic heterocycles. The maximum Gasteiger partial charge on any atom is 0.258 e. The Morgan fingerprint density at radius 2 is 1.80 bits per heavy atom. The Hall–Kier alpha value is -0.980. The van der Waals surface area contributed by atoms with Gasteiger partial charge in [-0.25, -0.2) is 18.1 Å². The van der Waals surface area contributed by atoms with Gasteiger partial charge in [0.05, 0.1) is 6.61 Å². The Labute approximate surface area is 120 Å². The summed E-state index contributed by atoms with van der Waals surface area (Å²) in [7, 11) is -3.56. The van der Waals surface area contributed by atoms with Gasteiger partial charge < -0.3 is 5.11 Å². The van der Waals surface area contributed by atoms with Crippen LogP contribution in [0, 0.1) is 0 Å². The topological polar surface area (TPSA) is 79.3 Å². The summed E-state index contributed by atoms with van der Waals surface area (Å²) in [6, 6.07) is 3.04. The molecule has 1 aliphatic carbocycles. The smallest absolute Gasteiger partial charge is 0.258 e. The molecule has 1 aliphatic rings. The molecule has 1 aromatic rings. The molecule has 1 heterocycles. The van der Waals surface area contributed by atoms with Crippen LogP contribution in [-0.2, 0) is 16.6 Å². The summed E-state index contributed by atoms with van der Waals surface area (Å²) in [6.07, 6.45) is 8.95. The van der Waals surface area contributed by atoms with Crippen molar-refractivity contribution in [1.29, 1.82) is 0 Å². The van der Waals surface area contributed by atoms with Crippen molar-refractivity contribution in [3.05, 3.63) is 23.9 Å². The lowest BCUT2D eigenvalue weighted by Gasteiger charge is -2.20. The Kier molecular flexibility index (Phi) is 5.51. The lowest BCUT2D eigenvalue weighted by Crippen LogP contribution is -2.35. The van der Waals surface area contributed by atoms with E-state index in [-0.39, 0.29) is 17.7 Å². The van der Waals surface area contributed by atoms with E-state index in [1.807, 2.05) is 0 Å². The van der Waals surface area contributed by atoms with Crippen LogP contribution in [0.5, 0.6) is 0 Å². The van der Waals surface area contributed by atoms with E-state index >= 15 is 0 Å². The number of pyridine rings is 1. The first-order valence-electron chi connectivity index (χ1n) is 7.20. The van der Waals surface area contributed by atoms with Gasteiger partial charge in [-0.05, 0) is 24.5 Å². The van der Waals surface area contributed by atoms with Gasteiger partial charge in [-0.1, -0.05) is 38.2 Å². The van der Waals surface area contributed by atoms with Gasteiger partial charge in [0.1, 0.15) is 0 Å². The predicted octanol–water partition coefficient (Wildman–Crippen LogP) is 1.97. The number of nitrogens with zero attached hydrogens (tertiary/aromatic N) is 1. The summed E-state index contributed by atoms with van der Waals surface area (Å²) in [4.78, 5) is 3.92. The van der Waals surface area contributed by atoms with Gasteiger partial charge in [0.2, 0.25) is 0 Å². The van der Waals surface area contributed by atoms with Gasteiger partial charge in [-0.15, -0.1) is 0 Å². The molecule has 0 unspecified atom stereocenters. The molecule has 0 saturated heterocycles. The first kappa shape index (κ1) is 15.4. The van der Waals surface area contributed by atoms with Crippen LogP contribution >= 0.6 is 0 Å². The molecule has 1 saturated carbocycles. The van der Waals surface area contributed by atoms with Crippen LogP contribution in [0.15, 0.2) is 23.4 Å². The number of rotatable bonds is 4. The third-order valence-electron chi connectivity index (χ3n) is 3.68. The van der Waals surface area contributed by atoms with Gasteiger partial charge >= 0.3 is 0 Å². The van der Waals surface area contributed by atoms with Crippen molar-refractivity contribution in [1.82, 2.24) is 9.71 Å². The van der Waals surface area contributed by atoms with Crippen molar-refractivity contribution in [2.24, 2.45) is 0 Å². The van der Waals surface area contributed by atoms with Gasteiger partial charge in [0, 0.05) is 12.2 Å². The second-order valence-corrected chi connectivity index (χ2v) is 6.99. The van der Waals surface area contributed by atoms with E-state index in [9.17, 15) is 8.42 Å². The molecule has 112 valence electrons. The minimum atomic E-state index is -3.56. The molecular formula is C14H22N2O3S. The molecule has 5 nitrogen and oxygen atoms in total. The van der Waals surface area contributed by atoms with Crippen LogP contribution < -0.4 is 4.72 Å². The van der Waals surface area contributed by atoms with Crippen molar-refractivity contribution < 1.29 is 13.5 Å². The van der Waals surface area contributed by atoms with E-state index in [1.54, 1.807) is 6.07 Å². The van der Waals surface area contributed by atoms with Crippen LogP contribution in [0.3, 0.4) is 0 Å². The average Bonchev–Trinajstić information content (AvgIpc) is 2.42. The zero-order valence-corrected chi connectivity index (χ0v) is 12.4. The first-order valence-corrected chi connectivity index (χ1v) is 8.68. The van der Waals surface area contributed by atoms with Crippen molar-refractivity contribution >= 4 is 10.0 Å². The molecule has 20 heavy (non-hydrogen) atoms. The monoisotopic (exact) mass is 298 g/mol. The molecule has 1 fully saturated rings. The lowest BCUT2D eigenvalue weighted by molar-refractivity contribution is 0.281. The molecule has 2 N–H and O–H groups in total. The number of sulfonamides is 1. The highest BCUT2D eigenvalue weighted by Crippen LogP contribution is 2.19. The molecule has 0 aromatic carbocycles. The second-order valence-electron chi connectivity index (χ2n) is 5.33. The summed E-state index contributed by atoms with van der Waals surface area (Å²) in [5.41, 5.74) is 0.606. The Morgan fingerprint density at radius 1 is 1.15 bits per heavy atom. The van der Waals surface area contributed by atoms with E-state index < -0.39 is 10.0 Å². The standard InChI is InChI=1S/C14H22N2O3S/c17-11-12-8-9-14(15-10-12)20(18,19)16-13-6-4-2-1-3-5-7-13/h8-10,13,16-17H,1-7,11H2. The van der Waals surface area contributed by atoms with Crippen molar-refractivity contribution in [3.8, 4) is 0 Å². The van der Waals surface area contributed by atoms with E-state index in [0.717, 1.165) is 25.7 Å². The number of aromatic nitrogens is 1. The fraction of sp³-hybridized carbons (Fsp3) is 0.643. The molecular weight excluding hydrogens is 276 g/mol. The Bertz CT molecular complexity index is 506. The third kappa shape index (κ3) is 4.26. The van der Waals surface area contributed by atoms with Gasteiger partial charge in [0.25, 0.3) is 10.0 Å². The van der Waals surface area contributed by atoms with E-state index in [4.69, 9.17) is 5.11 Å². The van der Waals surface area contributed by atoms with E-state index in [2.05, 4.69) is 9.71 Å². The SMILES string of the molecule is O=S(=O)(NC1CCCCCCC1)c1ccc(CO)cn1. The quantitative estimate of drug-likeness (QED) is 0.890. The number of aliphatic hydroxyl groups is 1. The van der Waals surface area contributed by atoms with Crippen LogP contribution in [0.1, 0.15) is 50.5 Å². The van der Waals surface area contributed by atoms with Crippen LogP contribution in [0.2, 0.25) is 0 Å². The molecule has 6 heteroatoms. The number of nitrogens with one attached hydrogen (secondary N) is 1. The molecule has 0 radical (unpaired) electrons. The largest absolute Gasteiger partial charge is 0.392 e. The Morgan fingerprint density at radius 3 is 2.35 bits per heavy atom. The van der Waals surface area contributed by atoms with Crippen molar-refractivity contribution in [3.63, 3.8) is 0 Å². The highest BCUT2D eigenvalue weighted by atomic mass is 32.2. The predicted molar refractivity (Wildman–Crippen MR) is 76.6 cm³/mol. The van der Waals surface area contributed by atoms with E-state index in [0.29, 0.717) is 5.56 Å². The van der Waals surface area contributed by atoms with Crippen molar-refractivity contribution in [2.45, 2.75) is 62.6 Å². The van der Waals surface area contributed by atoms with Crippen LogP contribution in [0.4, 0.5) is 0 Å². The highest BCUT2D eigenvalue weighted by Gasteiger charge is 2.21. The second kappa shape index (κ2) is 7.15. The normalized spacial score (nSPS) is 18.4. The highest BCUT2D eigenvalue weighted by molar-refractivity contribution is 7.89. The molecule has 0 atom stereocenters. The van der Waals surface area contributed by atoms with E-state index in [1.165, 1.54) is 31.5 Å². The third-order valence-corrected chi connectivity index (χ3v) is 5.12. The summed E-state index contributed by atoms with van der Waals surface area (Å²) >= 11 is 0. The van der Waals surface area contributed by atoms with Gasteiger partial charge in [-0.3, -0.25) is 0 Å². The maximum absolute atomic E-state index is 12.3. The molecule has 0 amide bonds. The van der Waals surface area contributed by atoms with Gasteiger partial charge in [-0.2, -0.15) is 0 Å². The minimum absolute atomic E-state index is 0.0135. The molecule has 0 bridgehead atoms. The Balaban J connectivity index is 2.04. The average molecular weight is 298 g/mol. The fourth-order valence-corrected chi connectivity index (χ4v) is 3.75. The summed E-state index contributed by atoms with van der Waals surface area (Å²) in [6.45, 7) is -0.136. The van der Waals surface area contributed by atoms with Crippen molar-refractivity contribution in [2.75, 3.05) is 0 Å². The number of aliphatic hydroxyl groups excluding tert-OH is 1. The fourth-order valence-electron chi connectivity index (χ4n) is 2.52. The lowest BCUT2D eigenvalue weighted by atomic mass is 9.97. The number of hydrogen-bond donors (Lipinski definition) is 2. The maximum atomic E-state index is 12.3. The molecule has 2 rings (SSSR count). The first-order chi connectivity index (χ1) is 9.62. The van der Waals surface area contributed by atoms with Crippen LogP contribution in [-0.4, -0.2) is 24.6 Å². The van der Waals surface area contributed by atoms with Crippen LogP contribution in [0.25, 0.3) is 0 Å². The summed E-state index contributed by atoms with van der Waals surface area (Å²) in [5, 5.41) is 8.97. The van der Waals surface area contributed by atoms with Gasteiger partial charge in [0.15, 0.2) is 5.03 Å². The molecule has 1 aromatic heterocycles. The minimum Gasteiger partial charge on any atom is -0.392 e. The summed E-state index contributed by atoms with van der Waals surface area (Å²) in [5.74, 6) is 0. The number of hydrogen-bond acceptors (Lipinski definition) is 4. The zero-order chi connectivity index (χ0) is 14.4. The molecule has 0 spiro atoms. The summed E-state index contributed by atoms with van der Waals surface area (Å²) < 4.78 is 27.3.